The number of carbonyl (C=O) groups excluding carboxylic acids is 2. The Morgan fingerprint density at radius 3 is 2.31 bits per heavy atom. The number of carbonyl (C=O) groups is 2. The van der Waals surface area contributed by atoms with E-state index in [1.54, 1.807) is 11.8 Å². The van der Waals surface area contributed by atoms with E-state index in [4.69, 9.17) is 4.74 Å². The normalized spacial score (nSPS) is 11.8. The predicted molar refractivity (Wildman–Crippen MR) is 116 cm³/mol. The minimum absolute atomic E-state index is 0.0165. The van der Waals surface area contributed by atoms with Gasteiger partial charge in [-0.3, -0.25) is 9.59 Å². The number of amides is 2. The van der Waals surface area contributed by atoms with Gasteiger partial charge in [-0.2, -0.15) is 0 Å². The second-order valence-electron chi connectivity index (χ2n) is 7.70. The van der Waals surface area contributed by atoms with Gasteiger partial charge in [0, 0.05) is 12.6 Å². The van der Waals surface area contributed by atoms with E-state index in [0.717, 1.165) is 11.1 Å². The Morgan fingerprint density at radius 2 is 1.69 bits per heavy atom. The van der Waals surface area contributed by atoms with E-state index in [1.165, 1.54) is 5.56 Å². The van der Waals surface area contributed by atoms with E-state index in [-0.39, 0.29) is 24.5 Å². The first-order valence-corrected chi connectivity index (χ1v) is 10.1. The number of nitrogens with zero attached hydrogens (tertiary/aromatic N) is 1. The number of hydrogen-bond acceptors (Lipinski definition) is 3. The number of ether oxygens (including phenoxy) is 1. The van der Waals surface area contributed by atoms with Crippen LogP contribution in [0.4, 0.5) is 0 Å². The van der Waals surface area contributed by atoms with Crippen LogP contribution >= 0.6 is 0 Å². The van der Waals surface area contributed by atoms with Gasteiger partial charge in [0.15, 0.2) is 6.61 Å². The van der Waals surface area contributed by atoms with Crippen molar-refractivity contribution >= 4 is 11.8 Å². The van der Waals surface area contributed by atoms with E-state index in [2.05, 4.69) is 5.32 Å². The summed E-state index contributed by atoms with van der Waals surface area (Å²) >= 11 is 0. The molecule has 1 unspecified atom stereocenters. The Bertz CT molecular complexity index is 818. The first-order valence-electron chi connectivity index (χ1n) is 10.1. The molecule has 0 fully saturated rings. The topological polar surface area (TPSA) is 58.6 Å². The highest BCUT2D eigenvalue weighted by Gasteiger charge is 2.26. The summed E-state index contributed by atoms with van der Waals surface area (Å²) in [5, 5.41) is 2.89. The maximum atomic E-state index is 12.9. The molecule has 2 amide bonds. The van der Waals surface area contributed by atoms with Gasteiger partial charge < -0.3 is 15.0 Å². The maximum Gasteiger partial charge on any atom is 0.261 e. The van der Waals surface area contributed by atoms with Crippen LogP contribution in [-0.2, 0) is 16.0 Å². The van der Waals surface area contributed by atoms with Gasteiger partial charge in [-0.05, 0) is 69.9 Å². The highest BCUT2D eigenvalue weighted by molar-refractivity contribution is 5.88. The minimum atomic E-state index is -0.572. The quantitative estimate of drug-likeness (QED) is 0.704. The SMILES string of the molecule is Cc1ccc(OCC(=O)N(CCc2ccccc2)C(C)C(=O)NC(C)C)cc1C. The molecule has 2 rings (SSSR count). The Hall–Kier alpha value is -2.82. The highest BCUT2D eigenvalue weighted by Crippen LogP contribution is 2.17. The Kier molecular flexibility index (Phi) is 8.25. The maximum absolute atomic E-state index is 12.9. The van der Waals surface area contributed by atoms with Crippen LogP contribution in [0.2, 0.25) is 0 Å². The van der Waals surface area contributed by atoms with Crippen molar-refractivity contribution in [2.45, 2.75) is 53.1 Å². The van der Waals surface area contributed by atoms with Gasteiger partial charge in [-0.25, -0.2) is 0 Å². The van der Waals surface area contributed by atoms with Crippen molar-refractivity contribution in [3.63, 3.8) is 0 Å². The summed E-state index contributed by atoms with van der Waals surface area (Å²) in [6.07, 6.45) is 0.676. The highest BCUT2D eigenvalue weighted by atomic mass is 16.5. The smallest absolute Gasteiger partial charge is 0.261 e. The second-order valence-corrected chi connectivity index (χ2v) is 7.70. The average molecular weight is 397 g/mol. The summed E-state index contributed by atoms with van der Waals surface area (Å²) in [7, 11) is 0. The average Bonchev–Trinajstić information content (AvgIpc) is 2.69. The molecule has 0 radical (unpaired) electrons. The number of nitrogens with one attached hydrogen (secondary N) is 1. The molecular weight excluding hydrogens is 364 g/mol. The van der Waals surface area contributed by atoms with Gasteiger partial charge in [0.05, 0.1) is 0 Å². The fourth-order valence-corrected chi connectivity index (χ4v) is 3.01. The van der Waals surface area contributed by atoms with Gasteiger partial charge in [-0.15, -0.1) is 0 Å². The molecule has 0 aliphatic rings. The van der Waals surface area contributed by atoms with Crippen LogP contribution < -0.4 is 10.1 Å². The molecule has 0 aliphatic heterocycles. The van der Waals surface area contributed by atoms with Crippen molar-refractivity contribution in [3.8, 4) is 5.75 Å². The third kappa shape index (κ3) is 6.93. The zero-order valence-electron chi connectivity index (χ0n) is 18.1. The zero-order chi connectivity index (χ0) is 21.4. The van der Waals surface area contributed by atoms with Gasteiger partial charge in [-0.1, -0.05) is 36.4 Å². The molecule has 0 aliphatic carbocycles. The summed E-state index contributed by atoms with van der Waals surface area (Å²) in [4.78, 5) is 27.1. The predicted octanol–water partition coefficient (Wildman–Crippen LogP) is 3.67. The molecule has 1 N–H and O–H groups in total. The Labute approximate surface area is 174 Å². The minimum Gasteiger partial charge on any atom is -0.484 e. The van der Waals surface area contributed by atoms with Crippen molar-refractivity contribution in [2.75, 3.05) is 13.2 Å². The lowest BCUT2D eigenvalue weighted by molar-refractivity contribution is -0.141. The van der Waals surface area contributed by atoms with E-state index < -0.39 is 6.04 Å². The molecule has 0 aromatic heterocycles. The summed E-state index contributed by atoms with van der Waals surface area (Å²) < 4.78 is 5.72. The summed E-state index contributed by atoms with van der Waals surface area (Å²) in [6, 6.07) is 15.1. The van der Waals surface area contributed by atoms with Crippen molar-refractivity contribution in [2.24, 2.45) is 0 Å². The van der Waals surface area contributed by atoms with Crippen LogP contribution in [0.15, 0.2) is 48.5 Å². The van der Waals surface area contributed by atoms with Crippen LogP contribution in [0.3, 0.4) is 0 Å². The summed E-state index contributed by atoms with van der Waals surface area (Å²) in [5.41, 5.74) is 3.41. The van der Waals surface area contributed by atoms with E-state index >= 15 is 0 Å². The molecule has 1 atom stereocenters. The monoisotopic (exact) mass is 396 g/mol. The van der Waals surface area contributed by atoms with Crippen LogP contribution in [-0.4, -0.2) is 41.9 Å². The van der Waals surface area contributed by atoms with Gasteiger partial charge >= 0.3 is 0 Å². The van der Waals surface area contributed by atoms with Crippen LogP contribution in [0.25, 0.3) is 0 Å². The zero-order valence-corrected chi connectivity index (χ0v) is 18.1. The molecule has 0 saturated carbocycles. The lowest BCUT2D eigenvalue weighted by Crippen LogP contribution is -2.51. The van der Waals surface area contributed by atoms with E-state index in [0.29, 0.717) is 18.7 Å². The van der Waals surface area contributed by atoms with E-state index in [1.807, 2.05) is 76.2 Å². The third-order valence-electron chi connectivity index (χ3n) is 4.92. The number of hydrogen-bond donors (Lipinski definition) is 1. The van der Waals surface area contributed by atoms with Crippen molar-refractivity contribution in [1.82, 2.24) is 10.2 Å². The third-order valence-corrected chi connectivity index (χ3v) is 4.92. The largest absolute Gasteiger partial charge is 0.484 e. The lowest BCUT2D eigenvalue weighted by atomic mass is 10.1. The molecule has 0 bridgehead atoms. The fraction of sp³-hybridized carbons (Fsp3) is 0.417. The van der Waals surface area contributed by atoms with Crippen molar-refractivity contribution < 1.29 is 14.3 Å². The van der Waals surface area contributed by atoms with Crippen LogP contribution in [0.5, 0.6) is 5.75 Å². The van der Waals surface area contributed by atoms with Gasteiger partial charge in [0.25, 0.3) is 5.91 Å². The standard InChI is InChI=1S/C24H32N2O3/c1-17(2)25-24(28)20(5)26(14-13-21-9-7-6-8-10-21)23(27)16-29-22-12-11-18(3)19(4)15-22/h6-12,15,17,20H,13-14,16H2,1-5H3,(H,25,28). The molecule has 2 aromatic rings. The molecule has 156 valence electrons. The van der Waals surface area contributed by atoms with Gasteiger partial charge in [0.2, 0.25) is 5.91 Å². The molecular formula is C24H32N2O3. The number of rotatable bonds is 9. The second kappa shape index (κ2) is 10.6. The first-order chi connectivity index (χ1) is 13.8. The van der Waals surface area contributed by atoms with Crippen LogP contribution in [0.1, 0.15) is 37.5 Å². The Balaban J connectivity index is 2.07. The summed E-state index contributed by atoms with van der Waals surface area (Å²) in [5.74, 6) is 0.293. The Morgan fingerprint density at radius 1 is 1.00 bits per heavy atom. The molecule has 0 spiro atoms. The molecule has 5 heteroatoms. The number of benzene rings is 2. The van der Waals surface area contributed by atoms with Gasteiger partial charge in [0.1, 0.15) is 11.8 Å². The van der Waals surface area contributed by atoms with E-state index in [9.17, 15) is 9.59 Å². The molecule has 0 heterocycles. The molecule has 0 saturated heterocycles. The number of aryl methyl sites for hydroxylation is 2. The molecule has 29 heavy (non-hydrogen) atoms. The molecule has 5 nitrogen and oxygen atoms in total. The lowest BCUT2D eigenvalue weighted by Gasteiger charge is -2.29. The van der Waals surface area contributed by atoms with Crippen LogP contribution in [0, 0.1) is 13.8 Å². The first kappa shape index (κ1) is 22.5. The fourth-order valence-electron chi connectivity index (χ4n) is 3.01. The summed E-state index contributed by atoms with van der Waals surface area (Å²) in [6.45, 7) is 9.96. The van der Waals surface area contributed by atoms with Crippen molar-refractivity contribution in [1.29, 1.82) is 0 Å². The van der Waals surface area contributed by atoms with Crippen molar-refractivity contribution in [3.05, 3.63) is 65.2 Å². The molecule has 2 aromatic carbocycles.